The Morgan fingerprint density at radius 3 is 2.23 bits per heavy atom. The first-order valence-corrected chi connectivity index (χ1v) is 8.37. The van der Waals surface area contributed by atoms with E-state index >= 15 is 0 Å². The van der Waals surface area contributed by atoms with Gasteiger partial charge in [-0.1, -0.05) is 12.1 Å². The zero-order valence-electron chi connectivity index (χ0n) is 16.0. The van der Waals surface area contributed by atoms with E-state index in [1.54, 1.807) is 19.2 Å². The third kappa shape index (κ3) is 4.24. The quantitative estimate of drug-likeness (QED) is 0.796. The van der Waals surface area contributed by atoms with Crippen LogP contribution in [0.2, 0.25) is 0 Å². The van der Waals surface area contributed by atoms with Crippen LogP contribution in [0.5, 0.6) is 5.75 Å². The van der Waals surface area contributed by atoms with Crippen LogP contribution in [0.3, 0.4) is 0 Å². The summed E-state index contributed by atoms with van der Waals surface area (Å²) in [5.74, 6) is -0.208. The zero-order valence-corrected chi connectivity index (χ0v) is 16.0. The van der Waals surface area contributed by atoms with Crippen molar-refractivity contribution >= 4 is 13.2 Å². The topological polar surface area (TPSA) is 39.7 Å². The average Bonchev–Trinajstić information content (AvgIpc) is 2.74. The molecular formula is C18H25BF3NO3. The second-order valence-corrected chi connectivity index (χ2v) is 7.30. The SMILES string of the molecule is CNCC(=Cc1ccc(OC)c(C(F)(F)F)c1)B1OC(C)(C)C(C)(C)O1. The van der Waals surface area contributed by atoms with E-state index in [9.17, 15) is 13.2 Å². The second-order valence-electron chi connectivity index (χ2n) is 7.30. The Kier molecular flexibility index (Phi) is 5.80. The summed E-state index contributed by atoms with van der Waals surface area (Å²) in [6.07, 6.45) is -2.84. The lowest BCUT2D eigenvalue weighted by Crippen LogP contribution is -2.41. The maximum Gasteiger partial charge on any atom is 0.491 e. The molecule has 1 saturated heterocycles. The molecule has 0 aromatic heterocycles. The third-order valence-electron chi connectivity index (χ3n) is 4.82. The molecular weight excluding hydrogens is 346 g/mol. The minimum atomic E-state index is -4.50. The third-order valence-corrected chi connectivity index (χ3v) is 4.82. The maximum atomic E-state index is 13.2. The highest BCUT2D eigenvalue weighted by Gasteiger charge is 2.52. The van der Waals surface area contributed by atoms with E-state index in [0.29, 0.717) is 17.6 Å². The van der Waals surface area contributed by atoms with Crippen LogP contribution in [0.4, 0.5) is 13.2 Å². The lowest BCUT2D eigenvalue weighted by atomic mass is 9.77. The molecule has 1 fully saturated rings. The van der Waals surface area contributed by atoms with Gasteiger partial charge in [0.1, 0.15) is 5.75 Å². The van der Waals surface area contributed by atoms with E-state index in [1.165, 1.54) is 13.2 Å². The molecule has 1 aromatic carbocycles. The predicted octanol–water partition coefficient (Wildman–Crippen LogP) is 3.95. The van der Waals surface area contributed by atoms with Crippen molar-refractivity contribution in [2.75, 3.05) is 20.7 Å². The van der Waals surface area contributed by atoms with Crippen LogP contribution in [0, 0.1) is 0 Å². The first kappa shape index (κ1) is 20.8. The highest BCUT2D eigenvalue weighted by Crippen LogP contribution is 2.40. The van der Waals surface area contributed by atoms with Crippen molar-refractivity contribution in [1.82, 2.24) is 5.32 Å². The molecule has 2 rings (SSSR count). The highest BCUT2D eigenvalue weighted by atomic mass is 19.4. The Morgan fingerprint density at radius 2 is 1.77 bits per heavy atom. The van der Waals surface area contributed by atoms with Gasteiger partial charge in [-0.25, -0.2) is 0 Å². The van der Waals surface area contributed by atoms with Gasteiger partial charge in [-0.2, -0.15) is 13.2 Å². The Morgan fingerprint density at radius 1 is 1.19 bits per heavy atom. The number of benzene rings is 1. The zero-order chi connectivity index (χ0) is 19.8. The smallest absolute Gasteiger partial charge is 0.491 e. The van der Waals surface area contributed by atoms with Gasteiger partial charge in [0.2, 0.25) is 0 Å². The van der Waals surface area contributed by atoms with Gasteiger partial charge in [-0.05, 0) is 57.9 Å². The summed E-state index contributed by atoms with van der Waals surface area (Å²) >= 11 is 0. The Balaban J connectivity index is 2.41. The summed E-state index contributed by atoms with van der Waals surface area (Å²) in [4.78, 5) is 0. The summed E-state index contributed by atoms with van der Waals surface area (Å²) in [7, 11) is 2.34. The Hall–Kier alpha value is -1.51. The maximum absolute atomic E-state index is 13.2. The summed E-state index contributed by atoms with van der Waals surface area (Å²) in [5, 5.41) is 3.01. The lowest BCUT2D eigenvalue weighted by molar-refractivity contribution is -0.138. The molecule has 8 heteroatoms. The minimum Gasteiger partial charge on any atom is -0.496 e. The molecule has 1 N–H and O–H groups in total. The molecule has 0 atom stereocenters. The fourth-order valence-electron chi connectivity index (χ4n) is 2.65. The standard InChI is InChI=1S/C18H25BF3NO3/c1-16(2)17(3,4)26-19(25-16)13(11-23-5)9-12-7-8-15(24-6)14(10-12)18(20,21)22/h7-10,23H,11H2,1-6H3. The van der Waals surface area contributed by atoms with Crippen molar-refractivity contribution in [2.45, 2.75) is 45.1 Å². The van der Waals surface area contributed by atoms with Gasteiger partial charge in [0.05, 0.1) is 23.9 Å². The number of hydrogen-bond acceptors (Lipinski definition) is 4. The van der Waals surface area contributed by atoms with Crippen molar-refractivity contribution in [3.63, 3.8) is 0 Å². The predicted molar refractivity (Wildman–Crippen MR) is 96.0 cm³/mol. The fourth-order valence-corrected chi connectivity index (χ4v) is 2.65. The number of alkyl halides is 3. The van der Waals surface area contributed by atoms with E-state index in [-0.39, 0.29) is 5.75 Å². The van der Waals surface area contributed by atoms with Crippen LogP contribution in [-0.2, 0) is 15.5 Å². The molecule has 1 aliphatic heterocycles. The van der Waals surface area contributed by atoms with Gasteiger partial charge >= 0.3 is 13.3 Å². The molecule has 4 nitrogen and oxygen atoms in total. The van der Waals surface area contributed by atoms with E-state index in [2.05, 4.69) is 5.32 Å². The van der Waals surface area contributed by atoms with Gasteiger partial charge in [-0.15, -0.1) is 0 Å². The molecule has 1 heterocycles. The largest absolute Gasteiger partial charge is 0.496 e. The van der Waals surface area contributed by atoms with Gasteiger partial charge in [-0.3, -0.25) is 0 Å². The second kappa shape index (κ2) is 7.25. The first-order valence-electron chi connectivity index (χ1n) is 8.37. The van der Waals surface area contributed by atoms with Crippen LogP contribution in [0.25, 0.3) is 6.08 Å². The molecule has 1 aromatic rings. The van der Waals surface area contributed by atoms with Gasteiger partial charge in [0.25, 0.3) is 0 Å². The number of hydrogen-bond donors (Lipinski definition) is 1. The fraction of sp³-hybridized carbons (Fsp3) is 0.556. The molecule has 0 bridgehead atoms. The number of nitrogens with one attached hydrogen (secondary N) is 1. The number of methoxy groups -OCH3 is 1. The summed E-state index contributed by atoms with van der Waals surface area (Å²) < 4.78 is 56.6. The first-order chi connectivity index (χ1) is 11.9. The molecule has 144 valence electrons. The number of likely N-dealkylation sites (N-methyl/N-ethyl adjacent to an activating group) is 1. The number of rotatable bonds is 5. The van der Waals surface area contributed by atoms with Crippen LogP contribution in [0.15, 0.2) is 23.7 Å². The summed E-state index contributed by atoms with van der Waals surface area (Å²) in [6, 6.07) is 3.96. The van der Waals surface area contributed by atoms with E-state index in [4.69, 9.17) is 14.0 Å². The van der Waals surface area contributed by atoms with Crippen LogP contribution >= 0.6 is 0 Å². The average molecular weight is 371 g/mol. The van der Waals surface area contributed by atoms with Crippen molar-refractivity contribution in [3.8, 4) is 5.75 Å². The minimum absolute atomic E-state index is 0.208. The lowest BCUT2D eigenvalue weighted by Gasteiger charge is -2.32. The summed E-state index contributed by atoms with van der Waals surface area (Å²) in [6.45, 7) is 8.14. The molecule has 0 unspecified atom stereocenters. The molecule has 0 saturated carbocycles. The van der Waals surface area contributed by atoms with E-state index in [1.807, 2.05) is 27.7 Å². The monoisotopic (exact) mass is 371 g/mol. The molecule has 26 heavy (non-hydrogen) atoms. The number of ether oxygens (including phenoxy) is 1. The van der Waals surface area contributed by atoms with Crippen LogP contribution in [0.1, 0.15) is 38.8 Å². The van der Waals surface area contributed by atoms with Crippen molar-refractivity contribution in [1.29, 1.82) is 0 Å². The molecule has 0 radical (unpaired) electrons. The van der Waals surface area contributed by atoms with E-state index < -0.39 is 30.1 Å². The van der Waals surface area contributed by atoms with Gasteiger partial charge in [0, 0.05) is 6.54 Å². The molecule has 0 aliphatic carbocycles. The number of halogens is 3. The van der Waals surface area contributed by atoms with E-state index in [0.717, 1.165) is 6.07 Å². The highest BCUT2D eigenvalue weighted by molar-refractivity contribution is 6.55. The summed E-state index contributed by atoms with van der Waals surface area (Å²) in [5.41, 5.74) is -0.753. The molecule has 0 amide bonds. The van der Waals surface area contributed by atoms with Gasteiger partial charge < -0.3 is 19.4 Å². The normalized spacial score (nSPS) is 19.7. The van der Waals surface area contributed by atoms with Gasteiger partial charge in [0.15, 0.2) is 0 Å². The van der Waals surface area contributed by atoms with Crippen LogP contribution in [-0.4, -0.2) is 39.0 Å². The van der Waals surface area contributed by atoms with Crippen LogP contribution < -0.4 is 10.1 Å². The Bertz CT molecular complexity index is 671. The van der Waals surface area contributed by atoms with Crippen molar-refractivity contribution in [3.05, 3.63) is 34.8 Å². The molecule has 0 spiro atoms. The van der Waals surface area contributed by atoms with Crippen molar-refractivity contribution < 1.29 is 27.2 Å². The van der Waals surface area contributed by atoms with Crippen molar-refractivity contribution in [2.24, 2.45) is 0 Å². The Labute approximate surface area is 152 Å². The molecule has 1 aliphatic rings.